The van der Waals surface area contributed by atoms with Crippen LogP contribution in [0.4, 0.5) is 0 Å². The van der Waals surface area contributed by atoms with Crippen LogP contribution in [0.3, 0.4) is 0 Å². The number of fused-ring (bicyclic) bond motifs is 2. The Bertz CT molecular complexity index is 1140. The summed E-state index contributed by atoms with van der Waals surface area (Å²) in [5.74, 6) is 0.688. The largest absolute Gasteiger partial charge is 0.383 e. The number of rotatable bonds is 6. The van der Waals surface area contributed by atoms with Crippen LogP contribution in [-0.2, 0) is 17.0 Å². The minimum absolute atomic E-state index is 0.0192. The number of thiophene rings is 1. The standard InChI is InChI=1S/C19H19N3O2S3/c1-11-12(2)26-17-16(11)18(23)22(8-9-24-3)19(21-17)25-10-15-20-13-6-4-5-7-14(13)27-15/h4-7H,8-10H2,1-3H3. The smallest absolute Gasteiger partial charge is 0.263 e. The normalized spacial score (nSPS) is 11.7. The molecule has 0 saturated heterocycles. The van der Waals surface area contributed by atoms with E-state index in [2.05, 4.69) is 11.1 Å². The van der Waals surface area contributed by atoms with Crippen LogP contribution < -0.4 is 5.56 Å². The van der Waals surface area contributed by atoms with Gasteiger partial charge in [0, 0.05) is 12.0 Å². The zero-order chi connectivity index (χ0) is 19.0. The van der Waals surface area contributed by atoms with E-state index in [0.29, 0.717) is 18.9 Å². The van der Waals surface area contributed by atoms with Gasteiger partial charge in [-0.3, -0.25) is 9.36 Å². The summed E-state index contributed by atoms with van der Waals surface area (Å²) in [6, 6.07) is 8.13. The molecule has 0 spiro atoms. The highest BCUT2D eigenvalue weighted by Gasteiger charge is 2.17. The molecule has 0 bridgehead atoms. The molecule has 0 saturated carbocycles. The summed E-state index contributed by atoms with van der Waals surface area (Å²) in [7, 11) is 1.64. The first-order valence-corrected chi connectivity index (χ1v) is 11.2. The minimum Gasteiger partial charge on any atom is -0.383 e. The van der Waals surface area contributed by atoms with Crippen LogP contribution in [0.25, 0.3) is 20.4 Å². The third-order valence-electron chi connectivity index (χ3n) is 4.44. The van der Waals surface area contributed by atoms with E-state index in [1.807, 2.05) is 32.0 Å². The summed E-state index contributed by atoms with van der Waals surface area (Å²) in [6.07, 6.45) is 0. The molecule has 0 aliphatic carbocycles. The number of thioether (sulfide) groups is 1. The van der Waals surface area contributed by atoms with Gasteiger partial charge in [-0.15, -0.1) is 22.7 Å². The van der Waals surface area contributed by atoms with Crippen molar-refractivity contribution in [1.29, 1.82) is 0 Å². The Balaban J connectivity index is 1.71. The van der Waals surface area contributed by atoms with Gasteiger partial charge in [0.2, 0.25) is 0 Å². The first-order chi connectivity index (χ1) is 13.1. The maximum absolute atomic E-state index is 13.1. The second-order valence-electron chi connectivity index (χ2n) is 6.17. The number of para-hydroxylation sites is 1. The van der Waals surface area contributed by atoms with Gasteiger partial charge < -0.3 is 4.74 Å². The first kappa shape index (κ1) is 18.6. The molecular weight excluding hydrogens is 398 g/mol. The lowest BCUT2D eigenvalue weighted by molar-refractivity contribution is 0.183. The third kappa shape index (κ3) is 3.54. The number of methoxy groups -OCH3 is 1. The maximum Gasteiger partial charge on any atom is 0.263 e. The van der Waals surface area contributed by atoms with Crippen LogP contribution in [-0.4, -0.2) is 28.3 Å². The van der Waals surface area contributed by atoms with Crippen LogP contribution in [0.1, 0.15) is 15.4 Å². The predicted octanol–water partition coefficient (Wildman–Crippen LogP) is 4.62. The SMILES string of the molecule is COCCn1c(SCc2nc3ccccc3s2)nc2sc(C)c(C)c2c1=O. The van der Waals surface area contributed by atoms with Crippen molar-refractivity contribution in [2.24, 2.45) is 0 Å². The Labute approximate surface area is 169 Å². The Kier molecular flexibility index (Phi) is 5.32. The van der Waals surface area contributed by atoms with Crippen molar-refractivity contribution in [1.82, 2.24) is 14.5 Å². The van der Waals surface area contributed by atoms with Gasteiger partial charge >= 0.3 is 0 Å². The molecule has 5 nitrogen and oxygen atoms in total. The molecule has 4 rings (SSSR count). The van der Waals surface area contributed by atoms with Gasteiger partial charge in [-0.2, -0.15) is 0 Å². The van der Waals surface area contributed by atoms with E-state index in [1.165, 1.54) is 4.70 Å². The molecule has 8 heteroatoms. The van der Waals surface area contributed by atoms with Crippen molar-refractivity contribution in [3.63, 3.8) is 0 Å². The molecule has 0 aliphatic heterocycles. The monoisotopic (exact) mass is 417 g/mol. The molecule has 0 aliphatic rings. The van der Waals surface area contributed by atoms with Gasteiger partial charge in [0.1, 0.15) is 9.84 Å². The van der Waals surface area contributed by atoms with Crippen molar-refractivity contribution in [2.75, 3.05) is 13.7 Å². The van der Waals surface area contributed by atoms with Gasteiger partial charge in [0.25, 0.3) is 5.56 Å². The lowest BCUT2D eigenvalue weighted by Gasteiger charge is -2.11. The van der Waals surface area contributed by atoms with Gasteiger partial charge in [0.15, 0.2) is 5.16 Å². The first-order valence-electron chi connectivity index (χ1n) is 8.55. The fourth-order valence-electron chi connectivity index (χ4n) is 2.91. The van der Waals surface area contributed by atoms with E-state index in [1.54, 1.807) is 46.1 Å². The Morgan fingerprint density at radius 2 is 2.00 bits per heavy atom. The highest BCUT2D eigenvalue weighted by molar-refractivity contribution is 7.98. The maximum atomic E-state index is 13.1. The van der Waals surface area contributed by atoms with Gasteiger partial charge in [-0.25, -0.2) is 9.97 Å². The molecular formula is C19H19N3O2S3. The number of thiazole rings is 1. The summed E-state index contributed by atoms with van der Waals surface area (Å²) < 4.78 is 8.12. The second-order valence-corrected chi connectivity index (χ2v) is 9.43. The van der Waals surface area contributed by atoms with Crippen molar-refractivity contribution in [3.8, 4) is 0 Å². The number of ether oxygens (including phenoxy) is 1. The lowest BCUT2D eigenvalue weighted by Crippen LogP contribution is -2.25. The zero-order valence-electron chi connectivity index (χ0n) is 15.3. The van der Waals surface area contributed by atoms with Crippen LogP contribution in [0.15, 0.2) is 34.2 Å². The average molecular weight is 418 g/mol. The van der Waals surface area contributed by atoms with Crippen LogP contribution in [0.5, 0.6) is 0 Å². The van der Waals surface area contributed by atoms with Crippen LogP contribution >= 0.6 is 34.4 Å². The lowest BCUT2D eigenvalue weighted by atomic mass is 10.2. The molecule has 3 heterocycles. The van der Waals surface area contributed by atoms with Crippen molar-refractivity contribution < 1.29 is 4.74 Å². The number of aromatic nitrogens is 3. The fourth-order valence-corrected chi connectivity index (χ4v) is 5.96. The Morgan fingerprint density at radius 1 is 1.19 bits per heavy atom. The van der Waals surface area contributed by atoms with Gasteiger partial charge in [0.05, 0.1) is 34.5 Å². The quantitative estimate of drug-likeness (QED) is 0.338. The van der Waals surface area contributed by atoms with E-state index in [-0.39, 0.29) is 5.56 Å². The predicted molar refractivity (Wildman–Crippen MR) is 114 cm³/mol. The topological polar surface area (TPSA) is 57.0 Å². The summed E-state index contributed by atoms with van der Waals surface area (Å²) in [6.45, 7) is 5.00. The molecule has 0 atom stereocenters. The number of aryl methyl sites for hydroxylation is 2. The molecule has 0 radical (unpaired) electrons. The molecule has 140 valence electrons. The number of hydrogen-bond acceptors (Lipinski definition) is 7. The van der Waals surface area contributed by atoms with Gasteiger partial charge in [-0.05, 0) is 31.5 Å². The van der Waals surface area contributed by atoms with Crippen LogP contribution in [0.2, 0.25) is 0 Å². The van der Waals surface area contributed by atoms with Crippen molar-refractivity contribution in [3.05, 3.63) is 50.1 Å². The molecule has 0 unspecified atom stereocenters. The van der Waals surface area contributed by atoms with E-state index >= 15 is 0 Å². The van der Waals surface area contributed by atoms with E-state index in [0.717, 1.165) is 36.3 Å². The molecule has 0 N–H and O–H groups in total. The molecule has 27 heavy (non-hydrogen) atoms. The van der Waals surface area contributed by atoms with Crippen LogP contribution in [0, 0.1) is 13.8 Å². The van der Waals surface area contributed by atoms with E-state index in [9.17, 15) is 4.79 Å². The fraction of sp³-hybridized carbons (Fsp3) is 0.316. The summed E-state index contributed by atoms with van der Waals surface area (Å²) >= 11 is 4.83. The Morgan fingerprint density at radius 3 is 2.78 bits per heavy atom. The minimum atomic E-state index is 0.0192. The summed E-state index contributed by atoms with van der Waals surface area (Å²) in [4.78, 5) is 24.5. The molecule has 3 aromatic heterocycles. The third-order valence-corrected chi connectivity index (χ3v) is 7.74. The van der Waals surface area contributed by atoms with E-state index in [4.69, 9.17) is 9.72 Å². The number of benzene rings is 1. The number of nitrogens with zero attached hydrogens (tertiary/aromatic N) is 3. The van der Waals surface area contributed by atoms with E-state index < -0.39 is 0 Å². The second kappa shape index (κ2) is 7.71. The highest BCUT2D eigenvalue weighted by atomic mass is 32.2. The molecule has 1 aromatic carbocycles. The van der Waals surface area contributed by atoms with Crippen molar-refractivity contribution >= 4 is 54.9 Å². The molecule has 0 fully saturated rings. The summed E-state index contributed by atoms with van der Waals surface area (Å²) in [5, 5.41) is 2.50. The summed E-state index contributed by atoms with van der Waals surface area (Å²) in [5.41, 5.74) is 2.06. The molecule has 0 amide bonds. The highest BCUT2D eigenvalue weighted by Crippen LogP contribution is 2.31. The van der Waals surface area contributed by atoms with Gasteiger partial charge in [-0.1, -0.05) is 23.9 Å². The number of hydrogen-bond donors (Lipinski definition) is 0. The average Bonchev–Trinajstić information content (AvgIpc) is 3.20. The van der Waals surface area contributed by atoms with Crippen molar-refractivity contribution in [2.45, 2.75) is 31.3 Å². The zero-order valence-corrected chi connectivity index (χ0v) is 17.8. The Hall–Kier alpha value is -1.74. The molecule has 4 aromatic rings.